The molecule has 0 saturated carbocycles. The molecule has 0 fully saturated rings. The maximum Gasteiger partial charge on any atom is 0.357 e. The van der Waals surface area contributed by atoms with Gasteiger partial charge in [0.25, 0.3) is 0 Å². The predicted molar refractivity (Wildman–Crippen MR) is 116 cm³/mol. The first-order chi connectivity index (χ1) is 14.0. The Hall–Kier alpha value is -3.23. The number of carbonyl (C=O) groups excluding carboxylic acids is 1. The number of esters is 1. The van der Waals surface area contributed by atoms with Crippen molar-refractivity contribution in [2.24, 2.45) is 4.99 Å². The zero-order chi connectivity index (χ0) is 20.5. The van der Waals surface area contributed by atoms with Crippen molar-refractivity contribution >= 4 is 52.6 Å². The average Bonchev–Trinajstić information content (AvgIpc) is 3.24. The Kier molecular flexibility index (Phi) is 5.04. The van der Waals surface area contributed by atoms with Crippen molar-refractivity contribution in [3.8, 4) is 17.3 Å². The van der Waals surface area contributed by atoms with Crippen LogP contribution in [0.25, 0.3) is 17.3 Å². The number of nitrogens with zero attached hydrogens (tertiary/aromatic N) is 2. The van der Waals surface area contributed by atoms with Gasteiger partial charge in [-0.05, 0) is 36.5 Å². The van der Waals surface area contributed by atoms with Gasteiger partial charge in [0.15, 0.2) is 9.67 Å². The van der Waals surface area contributed by atoms with Gasteiger partial charge in [-0.2, -0.15) is 0 Å². The first kappa shape index (κ1) is 19.1. The van der Waals surface area contributed by atoms with Crippen LogP contribution in [0.2, 0.25) is 0 Å². The number of para-hydroxylation sites is 3. The van der Waals surface area contributed by atoms with E-state index in [-0.39, 0.29) is 11.6 Å². The number of hydrogen-bond donors (Lipinski definition) is 1. The van der Waals surface area contributed by atoms with Gasteiger partial charge < -0.3 is 14.6 Å². The van der Waals surface area contributed by atoms with Crippen LogP contribution in [0, 0.1) is 3.95 Å². The van der Waals surface area contributed by atoms with Crippen molar-refractivity contribution in [1.29, 1.82) is 0 Å². The lowest BCUT2D eigenvalue weighted by Gasteiger charge is -2.10. The van der Waals surface area contributed by atoms with Gasteiger partial charge >= 0.3 is 5.97 Å². The largest absolute Gasteiger partial charge is 0.495 e. The van der Waals surface area contributed by atoms with E-state index in [4.69, 9.17) is 21.7 Å². The van der Waals surface area contributed by atoms with Gasteiger partial charge in [0.1, 0.15) is 5.75 Å². The Morgan fingerprint density at radius 2 is 1.90 bits per heavy atom. The van der Waals surface area contributed by atoms with Crippen LogP contribution in [0.15, 0.2) is 53.5 Å². The lowest BCUT2D eigenvalue weighted by atomic mass is 10.0. The van der Waals surface area contributed by atoms with Gasteiger partial charge in [0.2, 0.25) is 5.88 Å². The molecule has 3 aromatic rings. The summed E-state index contributed by atoms with van der Waals surface area (Å²) >= 11 is 6.71. The summed E-state index contributed by atoms with van der Waals surface area (Å²) in [6.45, 7) is 0. The number of thiazole rings is 1. The second-order valence-electron chi connectivity index (χ2n) is 6.09. The maximum absolute atomic E-state index is 12.3. The van der Waals surface area contributed by atoms with Gasteiger partial charge in [-0.15, -0.1) is 11.3 Å². The van der Waals surface area contributed by atoms with Crippen molar-refractivity contribution in [2.45, 2.75) is 0 Å². The van der Waals surface area contributed by atoms with Gasteiger partial charge in [0, 0.05) is 11.1 Å². The van der Waals surface area contributed by atoms with Crippen molar-refractivity contribution in [3.05, 3.63) is 62.9 Å². The molecule has 1 aliphatic rings. The van der Waals surface area contributed by atoms with E-state index in [0.29, 0.717) is 31.5 Å². The lowest BCUT2D eigenvalue weighted by molar-refractivity contribution is -0.132. The Morgan fingerprint density at radius 3 is 2.66 bits per heavy atom. The van der Waals surface area contributed by atoms with Crippen molar-refractivity contribution < 1.29 is 19.4 Å². The first-order valence-electron chi connectivity index (χ1n) is 8.61. The lowest BCUT2D eigenvalue weighted by Crippen LogP contribution is -2.14. The predicted octanol–water partition coefficient (Wildman–Crippen LogP) is 4.78. The highest BCUT2D eigenvalue weighted by Gasteiger charge is 2.28. The molecule has 1 aliphatic heterocycles. The van der Waals surface area contributed by atoms with Crippen LogP contribution < -0.4 is 4.74 Å². The fraction of sp³-hybridized carbons (Fsp3) is 0.0952. The van der Waals surface area contributed by atoms with E-state index in [1.165, 1.54) is 18.4 Å². The number of hydrogen-bond acceptors (Lipinski definition) is 7. The molecule has 0 atom stereocenters. The first-order valence-corrected chi connectivity index (χ1v) is 9.84. The molecule has 0 bridgehead atoms. The van der Waals surface area contributed by atoms with E-state index in [2.05, 4.69) is 4.99 Å². The molecule has 4 rings (SSSR count). The third-order valence-electron chi connectivity index (χ3n) is 4.47. The van der Waals surface area contributed by atoms with E-state index < -0.39 is 5.97 Å². The minimum absolute atomic E-state index is 0.0365. The third-order valence-corrected chi connectivity index (χ3v) is 5.78. The van der Waals surface area contributed by atoms with E-state index in [1.807, 2.05) is 42.5 Å². The Bertz CT molecular complexity index is 1240. The molecule has 146 valence electrons. The molecule has 2 heterocycles. The average molecular weight is 425 g/mol. The third kappa shape index (κ3) is 3.26. The summed E-state index contributed by atoms with van der Waals surface area (Å²) < 4.78 is 12.3. The van der Waals surface area contributed by atoms with Crippen LogP contribution >= 0.6 is 23.6 Å². The molecular weight excluding hydrogens is 408 g/mol. The maximum atomic E-state index is 12.3. The molecular formula is C21H16N2O4S2. The number of aliphatic imine (C=N–C) groups is 1. The van der Waals surface area contributed by atoms with E-state index in [1.54, 1.807) is 23.8 Å². The Balaban J connectivity index is 1.88. The highest BCUT2D eigenvalue weighted by atomic mass is 32.1. The summed E-state index contributed by atoms with van der Waals surface area (Å²) in [5.41, 5.74) is 2.86. The topological polar surface area (TPSA) is 73.0 Å². The summed E-state index contributed by atoms with van der Waals surface area (Å²) in [6, 6.07) is 14.7. The summed E-state index contributed by atoms with van der Waals surface area (Å²) in [7, 11) is 2.87. The SMILES string of the molecule is COC(=O)C1=Nc2ccccc2/C1=C\c1sc(=S)n(-c2ccccc2OC)c1O. The van der Waals surface area contributed by atoms with Gasteiger partial charge in [-0.3, -0.25) is 4.57 Å². The number of ether oxygens (including phenoxy) is 2. The number of rotatable bonds is 4. The minimum atomic E-state index is -0.542. The Morgan fingerprint density at radius 1 is 1.17 bits per heavy atom. The number of fused-ring (bicyclic) bond motifs is 1. The summed E-state index contributed by atoms with van der Waals surface area (Å²) in [5, 5.41) is 10.9. The van der Waals surface area contributed by atoms with Crippen molar-refractivity contribution in [3.63, 3.8) is 0 Å². The summed E-state index contributed by atoms with van der Waals surface area (Å²) in [4.78, 5) is 17.1. The zero-order valence-corrected chi connectivity index (χ0v) is 17.2. The molecule has 1 aromatic heterocycles. The second kappa shape index (κ2) is 7.65. The molecule has 1 N–H and O–H groups in total. The molecule has 8 heteroatoms. The summed E-state index contributed by atoms with van der Waals surface area (Å²) in [6.07, 6.45) is 1.71. The Labute approximate surface area is 176 Å². The molecule has 6 nitrogen and oxygen atoms in total. The molecule has 29 heavy (non-hydrogen) atoms. The zero-order valence-electron chi connectivity index (χ0n) is 15.6. The van der Waals surface area contributed by atoms with Crippen LogP contribution in [0.1, 0.15) is 10.4 Å². The number of aromatic nitrogens is 1. The second-order valence-corrected chi connectivity index (χ2v) is 7.77. The minimum Gasteiger partial charge on any atom is -0.495 e. The monoisotopic (exact) mass is 424 g/mol. The fourth-order valence-electron chi connectivity index (χ4n) is 3.14. The normalized spacial score (nSPS) is 13.9. The number of aromatic hydroxyl groups is 1. The quantitative estimate of drug-likeness (QED) is 0.482. The van der Waals surface area contributed by atoms with Gasteiger partial charge in [-0.1, -0.05) is 30.3 Å². The van der Waals surface area contributed by atoms with Crippen LogP contribution in [0.4, 0.5) is 5.69 Å². The standard InChI is InChI=1S/C21H16N2O4S2/c1-26-16-10-6-5-9-15(16)23-19(24)17(29-21(23)28)11-13-12-7-3-4-8-14(12)22-18(13)20(25)27-2/h3-11,24H,1-2H3/b13-11+. The number of benzene rings is 2. The highest BCUT2D eigenvalue weighted by Crippen LogP contribution is 2.40. The van der Waals surface area contributed by atoms with Gasteiger partial charge in [0.05, 0.1) is 30.5 Å². The number of carbonyl (C=O) groups is 1. The highest BCUT2D eigenvalue weighted by molar-refractivity contribution is 7.73. The van der Waals surface area contributed by atoms with Crippen LogP contribution in [-0.2, 0) is 9.53 Å². The molecule has 0 radical (unpaired) electrons. The van der Waals surface area contributed by atoms with Gasteiger partial charge in [-0.25, -0.2) is 9.79 Å². The van der Waals surface area contributed by atoms with E-state index in [0.717, 1.165) is 5.56 Å². The van der Waals surface area contributed by atoms with Crippen LogP contribution in [0.3, 0.4) is 0 Å². The molecule has 0 spiro atoms. The van der Waals surface area contributed by atoms with Crippen LogP contribution in [-0.4, -0.2) is 35.6 Å². The summed E-state index contributed by atoms with van der Waals surface area (Å²) in [5.74, 6) is 0.00391. The van der Waals surface area contributed by atoms with E-state index >= 15 is 0 Å². The molecule has 0 unspecified atom stereocenters. The molecule has 0 amide bonds. The smallest absolute Gasteiger partial charge is 0.357 e. The van der Waals surface area contributed by atoms with Crippen molar-refractivity contribution in [2.75, 3.05) is 14.2 Å². The van der Waals surface area contributed by atoms with Crippen molar-refractivity contribution in [1.82, 2.24) is 4.57 Å². The number of methoxy groups -OCH3 is 2. The fourth-order valence-corrected chi connectivity index (χ4v) is 4.42. The van der Waals surface area contributed by atoms with Crippen LogP contribution in [0.5, 0.6) is 11.6 Å². The van der Waals surface area contributed by atoms with E-state index in [9.17, 15) is 9.90 Å². The molecule has 0 saturated heterocycles. The molecule has 0 aliphatic carbocycles. The molecule has 2 aromatic carbocycles.